The standard InChI is InChI=1S/C27H41ClN4O5/c1-18-20(28)9-8-10-21(18)30-11-13-31(14-12-30)23(33)22-15-19(16-29-24(34)36-26(2,3)4)17-32(22)25(35)37-27(5,6)7/h8-10,19,22H,11-17H2,1-7H3,(H,29,34)/t19-,22-/m0/s1. The molecular formula is C27H41ClN4O5. The second-order valence-electron chi connectivity index (χ2n) is 11.8. The van der Waals surface area contributed by atoms with Gasteiger partial charge in [0, 0.05) is 50.0 Å². The van der Waals surface area contributed by atoms with Crippen LogP contribution in [0.15, 0.2) is 18.2 Å². The maximum atomic E-state index is 13.6. The number of likely N-dealkylation sites (tertiary alicyclic amines) is 1. The lowest BCUT2D eigenvalue weighted by molar-refractivity contribution is -0.136. The number of hydrogen-bond acceptors (Lipinski definition) is 6. The van der Waals surface area contributed by atoms with Gasteiger partial charge in [-0.05, 0) is 78.5 Å². The summed E-state index contributed by atoms with van der Waals surface area (Å²) >= 11 is 6.31. The predicted octanol–water partition coefficient (Wildman–Crippen LogP) is 4.45. The summed E-state index contributed by atoms with van der Waals surface area (Å²) in [4.78, 5) is 44.4. The van der Waals surface area contributed by atoms with Gasteiger partial charge in [-0.2, -0.15) is 0 Å². The molecule has 3 rings (SSSR count). The zero-order valence-electron chi connectivity index (χ0n) is 23.1. The van der Waals surface area contributed by atoms with Crippen LogP contribution in [-0.2, 0) is 14.3 Å². The molecule has 37 heavy (non-hydrogen) atoms. The van der Waals surface area contributed by atoms with Crippen LogP contribution >= 0.6 is 11.6 Å². The second kappa shape index (κ2) is 11.4. The van der Waals surface area contributed by atoms with Crippen molar-refractivity contribution in [3.63, 3.8) is 0 Å². The van der Waals surface area contributed by atoms with Crippen molar-refractivity contribution in [2.24, 2.45) is 5.92 Å². The third kappa shape index (κ3) is 7.90. The third-order valence-corrected chi connectivity index (χ3v) is 6.82. The molecule has 2 aliphatic heterocycles. The molecule has 0 aliphatic carbocycles. The van der Waals surface area contributed by atoms with E-state index in [0.29, 0.717) is 45.7 Å². The van der Waals surface area contributed by atoms with Crippen molar-refractivity contribution in [2.45, 2.75) is 72.1 Å². The van der Waals surface area contributed by atoms with Gasteiger partial charge in [0.1, 0.15) is 17.2 Å². The summed E-state index contributed by atoms with van der Waals surface area (Å²) in [6.45, 7) is 15.9. The maximum absolute atomic E-state index is 13.6. The molecule has 1 aromatic carbocycles. The first-order valence-electron chi connectivity index (χ1n) is 12.9. The molecule has 0 aromatic heterocycles. The summed E-state index contributed by atoms with van der Waals surface area (Å²) in [6, 6.07) is 5.21. The van der Waals surface area contributed by atoms with Gasteiger partial charge in [0.2, 0.25) is 5.91 Å². The fraction of sp³-hybridized carbons (Fsp3) is 0.667. The molecule has 2 fully saturated rings. The number of rotatable bonds is 4. The topological polar surface area (TPSA) is 91.4 Å². The molecule has 0 spiro atoms. The highest BCUT2D eigenvalue weighted by Crippen LogP contribution is 2.30. The number of carbonyl (C=O) groups is 3. The van der Waals surface area contributed by atoms with Crippen LogP contribution in [-0.4, -0.2) is 84.4 Å². The summed E-state index contributed by atoms with van der Waals surface area (Å²) < 4.78 is 10.9. The van der Waals surface area contributed by atoms with Crippen LogP contribution < -0.4 is 10.2 Å². The number of benzene rings is 1. The van der Waals surface area contributed by atoms with E-state index in [0.717, 1.165) is 16.3 Å². The Labute approximate surface area is 225 Å². The van der Waals surface area contributed by atoms with E-state index in [2.05, 4.69) is 10.2 Å². The molecule has 206 valence electrons. The Kier molecular flexibility index (Phi) is 8.88. The molecule has 0 saturated carbocycles. The maximum Gasteiger partial charge on any atom is 0.410 e. The normalized spacial score (nSPS) is 20.6. The van der Waals surface area contributed by atoms with Gasteiger partial charge in [-0.25, -0.2) is 9.59 Å². The number of nitrogens with zero attached hydrogens (tertiary/aromatic N) is 3. The first-order chi connectivity index (χ1) is 17.1. The van der Waals surface area contributed by atoms with E-state index in [1.807, 2.05) is 30.0 Å². The van der Waals surface area contributed by atoms with Gasteiger partial charge in [-0.1, -0.05) is 17.7 Å². The number of carbonyl (C=O) groups excluding carboxylic acids is 3. The molecule has 0 bridgehead atoms. The van der Waals surface area contributed by atoms with Crippen LogP contribution in [0.1, 0.15) is 53.5 Å². The van der Waals surface area contributed by atoms with Gasteiger partial charge in [0.25, 0.3) is 0 Å². The van der Waals surface area contributed by atoms with Gasteiger partial charge in [-0.3, -0.25) is 9.69 Å². The zero-order valence-corrected chi connectivity index (χ0v) is 23.9. The molecule has 3 amide bonds. The van der Waals surface area contributed by atoms with E-state index < -0.39 is 29.4 Å². The minimum absolute atomic E-state index is 0.0897. The molecule has 1 N–H and O–H groups in total. The highest BCUT2D eigenvalue weighted by Gasteiger charge is 2.43. The molecule has 2 aliphatic rings. The van der Waals surface area contributed by atoms with Gasteiger partial charge in [-0.15, -0.1) is 0 Å². The highest BCUT2D eigenvalue weighted by molar-refractivity contribution is 6.31. The Morgan fingerprint density at radius 1 is 1.00 bits per heavy atom. The Morgan fingerprint density at radius 2 is 1.62 bits per heavy atom. The first-order valence-corrected chi connectivity index (χ1v) is 13.3. The van der Waals surface area contributed by atoms with E-state index in [-0.39, 0.29) is 11.8 Å². The average Bonchev–Trinajstić information content (AvgIpc) is 3.22. The number of anilines is 1. The summed E-state index contributed by atoms with van der Waals surface area (Å²) in [6.07, 6.45) is -0.584. The van der Waals surface area contributed by atoms with E-state index in [1.54, 1.807) is 41.5 Å². The van der Waals surface area contributed by atoms with Crippen LogP contribution in [0.3, 0.4) is 0 Å². The van der Waals surface area contributed by atoms with Crippen molar-refractivity contribution in [1.82, 2.24) is 15.1 Å². The molecule has 10 heteroatoms. The van der Waals surface area contributed by atoms with Gasteiger partial charge in [0.15, 0.2) is 0 Å². The lowest BCUT2D eigenvalue weighted by atomic mass is 10.0. The summed E-state index contributed by atoms with van der Waals surface area (Å²) in [7, 11) is 0. The van der Waals surface area contributed by atoms with Crippen molar-refractivity contribution in [1.29, 1.82) is 0 Å². The zero-order chi connectivity index (χ0) is 27.5. The van der Waals surface area contributed by atoms with Gasteiger partial charge in [0.05, 0.1) is 0 Å². The Hall–Kier alpha value is -2.68. The van der Waals surface area contributed by atoms with E-state index in [9.17, 15) is 14.4 Å². The number of ether oxygens (including phenoxy) is 2. The fourth-order valence-electron chi connectivity index (χ4n) is 4.69. The summed E-state index contributed by atoms with van der Waals surface area (Å²) in [5, 5.41) is 3.50. The minimum atomic E-state index is -0.683. The summed E-state index contributed by atoms with van der Waals surface area (Å²) in [5.41, 5.74) is 0.810. The lowest BCUT2D eigenvalue weighted by Crippen LogP contribution is -2.55. The van der Waals surface area contributed by atoms with E-state index in [4.69, 9.17) is 21.1 Å². The number of amides is 3. The number of alkyl carbamates (subject to hydrolysis) is 1. The molecular weight excluding hydrogens is 496 g/mol. The van der Waals surface area contributed by atoms with Crippen LogP contribution in [0.2, 0.25) is 5.02 Å². The number of hydrogen-bond donors (Lipinski definition) is 1. The quantitative estimate of drug-likeness (QED) is 0.611. The fourth-order valence-corrected chi connectivity index (χ4v) is 4.86. The minimum Gasteiger partial charge on any atom is -0.444 e. The molecule has 0 radical (unpaired) electrons. The van der Waals surface area contributed by atoms with E-state index >= 15 is 0 Å². The molecule has 0 unspecified atom stereocenters. The Morgan fingerprint density at radius 3 is 2.22 bits per heavy atom. The van der Waals surface area contributed by atoms with E-state index in [1.165, 1.54) is 4.90 Å². The predicted molar refractivity (Wildman–Crippen MR) is 144 cm³/mol. The van der Waals surface area contributed by atoms with Crippen molar-refractivity contribution in [3.05, 3.63) is 28.8 Å². The lowest BCUT2D eigenvalue weighted by Gasteiger charge is -2.39. The Bertz CT molecular complexity index is 995. The SMILES string of the molecule is Cc1c(Cl)cccc1N1CCN(C(=O)[C@@H]2C[C@@H](CNC(=O)OC(C)(C)C)CN2C(=O)OC(C)(C)C)CC1. The summed E-state index contributed by atoms with van der Waals surface area (Å²) in [5.74, 6) is -0.183. The largest absolute Gasteiger partial charge is 0.444 e. The van der Waals surface area contributed by atoms with Crippen molar-refractivity contribution >= 4 is 35.4 Å². The highest BCUT2D eigenvalue weighted by atomic mass is 35.5. The second-order valence-corrected chi connectivity index (χ2v) is 12.2. The monoisotopic (exact) mass is 536 g/mol. The molecule has 1 aromatic rings. The number of nitrogens with one attached hydrogen (secondary N) is 1. The van der Waals surface area contributed by atoms with Crippen LogP contribution in [0.25, 0.3) is 0 Å². The van der Waals surface area contributed by atoms with Crippen LogP contribution in [0.4, 0.5) is 15.3 Å². The third-order valence-electron chi connectivity index (χ3n) is 6.41. The first kappa shape index (κ1) is 28.9. The van der Waals surface area contributed by atoms with Crippen LogP contribution in [0, 0.1) is 12.8 Å². The van der Waals surface area contributed by atoms with Crippen molar-refractivity contribution in [3.8, 4) is 0 Å². The smallest absolute Gasteiger partial charge is 0.410 e. The molecule has 2 heterocycles. The van der Waals surface area contributed by atoms with Crippen LogP contribution in [0.5, 0.6) is 0 Å². The average molecular weight is 537 g/mol. The number of piperazine rings is 1. The van der Waals surface area contributed by atoms with Gasteiger partial charge < -0.3 is 24.6 Å². The van der Waals surface area contributed by atoms with Crippen molar-refractivity contribution < 1.29 is 23.9 Å². The molecule has 9 nitrogen and oxygen atoms in total. The molecule has 2 saturated heterocycles. The van der Waals surface area contributed by atoms with Crippen molar-refractivity contribution in [2.75, 3.05) is 44.2 Å². The van der Waals surface area contributed by atoms with Gasteiger partial charge >= 0.3 is 12.2 Å². The number of halogens is 1. The molecule has 2 atom stereocenters. The Balaban J connectivity index is 1.66.